The van der Waals surface area contributed by atoms with Gasteiger partial charge in [0.25, 0.3) is 0 Å². The molecule has 0 unspecified atom stereocenters. The Morgan fingerprint density at radius 1 is 1.19 bits per heavy atom. The van der Waals surface area contributed by atoms with Crippen molar-refractivity contribution in [1.29, 1.82) is 0 Å². The zero-order chi connectivity index (χ0) is 15.2. The Labute approximate surface area is 128 Å². The van der Waals surface area contributed by atoms with Crippen LogP contribution in [0.5, 0.6) is 5.75 Å². The third kappa shape index (κ3) is 4.57. The largest absolute Gasteiger partial charge is 0.497 e. The summed E-state index contributed by atoms with van der Waals surface area (Å²) < 4.78 is 18.2. The first-order valence-corrected chi connectivity index (χ1v) is 7.05. The van der Waals surface area contributed by atoms with Gasteiger partial charge in [0.05, 0.1) is 7.11 Å². The van der Waals surface area contributed by atoms with Crippen LogP contribution >= 0.6 is 11.6 Å². The highest BCUT2D eigenvalue weighted by atomic mass is 35.5. The van der Waals surface area contributed by atoms with E-state index in [4.69, 9.17) is 16.3 Å². The Bertz CT molecular complexity index is 623. The Morgan fingerprint density at radius 2 is 1.90 bits per heavy atom. The second kappa shape index (κ2) is 7.23. The van der Waals surface area contributed by atoms with Crippen molar-refractivity contribution in [2.45, 2.75) is 19.3 Å². The number of carbonyl (C=O) groups is 1. The van der Waals surface area contributed by atoms with Crippen LogP contribution in [0.15, 0.2) is 42.5 Å². The minimum atomic E-state index is -0.377. The van der Waals surface area contributed by atoms with Crippen LogP contribution in [-0.4, -0.2) is 12.9 Å². The van der Waals surface area contributed by atoms with Crippen LogP contribution in [0.3, 0.4) is 0 Å². The average molecular weight is 307 g/mol. The molecule has 0 saturated heterocycles. The highest BCUT2D eigenvalue weighted by Crippen LogP contribution is 2.19. The second-order valence-electron chi connectivity index (χ2n) is 4.80. The van der Waals surface area contributed by atoms with Crippen molar-refractivity contribution in [3.8, 4) is 5.75 Å². The topological polar surface area (TPSA) is 26.3 Å². The zero-order valence-electron chi connectivity index (χ0n) is 11.7. The fourth-order valence-electron chi connectivity index (χ4n) is 2.06. The molecule has 0 radical (unpaired) electrons. The molecule has 0 N–H and O–H groups in total. The van der Waals surface area contributed by atoms with Gasteiger partial charge in [0.2, 0.25) is 0 Å². The molecule has 0 atom stereocenters. The molecule has 2 aromatic carbocycles. The SMILES string of the molecule is COc1ccc(CCC(=O)Cc2cc(F)ccc2Cl)cc1. The molecule has 2 aromatic rings. The van der Waals surface area contributed by atoms with Gasteiger partial charge in [-0.2, -0.15) is 0 Å². The number of benzene rings is 2. The first kappa shape index (κ1) is 15.5. The predicted octanol–water partition coefficient (Wildman–Crippen LogP) is 4.23. The molecule has 2 rings (SSSR count). The molecule has 0 aliphatic heterocycles. The summed E-state index contributed by atoms with van der Waals surface area (Å²) in [5.74, 6) is 0.451. The number of ether oxygens (including phenoxy) is 1. The van der Waals surface area contributed by atoms with Gasteiger partial charge in [0, 0.05) is 17.9 Å². The fraction of sp³-hybridized carbons (Fsp3) is 0.235. The summed E-state index contributed by atoms with van der Waals surface area (Å²) >= 11 is 5.96. The molecule has 110 valence electrons. The maximum atomic E-state index is 13.1. The molecule has 0 amide bonds. The lowest BCUT2D eigenvalue weighted by molar-refractivity contribution is -0.118. The van der Waals surface area contributed by atoms with E-state index in [0.717, 1.165) is 11.3 Å². The van der Waals surface area contributed by atoms with Gasteiger partial charge in [-0.25, -0.2) is 4.39 Å². The number of methoxy groups -OCH3 is 1. The minimum absolute atomic E-state index is 0.0401. The number of rotatable bonds is 6. The van der Waals surface area contributed by atoms with Gasteiger partial charge in [-0.05, 0) is 47.9 Å². The van der Waals surface area contributed by atoms with Crippen molar-refractivity contribution in [1.82, 2.24) is 0 Å². The Kier molecular flexibility index (Phi) is 5.34. The van der Waals surface area contributed by atoms with E-state index < -0.39 is 0 Å². The van der Waals surface area contributed by atoms with Crippen molar-refractivity contribution in [2.75, 3.05) is 7.11 Å². The van der Waals surface area contributed by atoms with Crippen LogP contribution < -0.4 is 4.74 Å². The predicted molar refractivity (Wildman–Crippen MR) is 81.4 cm³/mol. The Hall–Kier alpha value is -1.87. The Balaban J connectivity index is 1.91. The van der Waals surface area contributed by atoms with Crippen molar-refractivity contribution < 1.29 is 13.9 Å². The summed E-state index contributed by atoms with van der Waals surface area (Å²) in [4.78, 5) is 12.0. The van der Waals surface area contributed by atoms with E-state index in [-0.39, 0.29) is 18.0 Å². The van der Waals surface area contributed by atoms with Gasteiger partial charge in [-0.1, -0.05) is 23.7 Å². The number of ketones is 1. The number of Topliss-reactive ketones (excluding diaryl/α,β-unsaturated/α-hetero) is 1. The van der Waals surface area contributed by atoms with Gasteiger partial charge in [-0.3, -0.25) is 4.79 Å². The first-order valence-electron chi connectivity index (χ1n) is 6.67. The van der Waals surface area contributed by atoms with Crippen molar-refractivity contribution >= 4 is 17.4 Å². The minimum Gasteiger partial charge on any atom is -0.497 e. The molecule has 4 heteroatoms. The number of aryl methyl sites for hydroxylation is 1. The lowest BCUT2D eigenvalue weighted by atomic mass is 10.0. The lowest BCUT2D eigenvalue weighted by Gasteiger charge is -2.05. The summed E-state index contributed by atoms with van der Waals surface area (Å²) in [6, 6.07) is 11.7. The van der Waals surface area contributed by atoms with Crippen LogP contribution in [0.2, 0.25) is 5.02 Å². The van der Waals surface area contributed by atoms with E-state index in [1.54, 1.807) is 7.11 Å². The van der Waals surface area contributed by atoms with E-state index in [0.29, 0.717) is 23.4 Å². The van der Waals surface area contributed by atoms with E-state index in [2.05, 4.69) is 0 Å². The maximum absolute atomic E-state index is 13.1. The van der Waals surface area contributed by atoms with E-state index in [9.17, 15) is 9.18 Å². The number of hydrogen-bond acceptors (Lipinski definition) is 2. The fourth-order valence-corrected chi connectivity index (χ4v) is 2.24. The van der Waals surface area contributed by atoms with Crippen LogP contribution in [0.1, 0.15) is 17.5 Å². The highest BCUT2D eigenvalue weighted by Gasteiger charge is 2.09. The van der Waals surface area contributed by atoms with E-state index in [1.807, 2.05) is 24.3 Å². The van der Waals surface area contributed by atoms with Gasteiger partial charge < -0.3 is 4.74 Å². The molecule has 0 fully saturated rings. The number of carbonyl (C=O) groups excluding carboxylic acids is 1. The molecular formula is C17H16ClFO2. The quantitative estimate of drug-likeness (QED) is 0.798. The first-order chi connectivity index (χ1) is 10.1. The summed E-state index contributed by atoms with van der Waals surface area (Å²) in [6.45, 7) is 0. The molecule has 0 spiro atoms. The maximum Gasteiger partial charge on any atom is 0.137 e. The van der Waals surface area contributed by atoms with E-state index >= 15 is 0 Å². The normalized spacial score (nSPS) is 10.4. The van der Waals surface area contributed by atoms with Crippen molar-refractivity contribution in [3.63, 3.8) is 0 Å². The summed E-state index contributed by atoms with van der Waals surface area (Å²) in [5.41, 5.74) is 1.60. The summed E-state index contributed by atoms with van der Waals surface area (Å²) in [7, 11) is 1.61. The van der Waals surface area contributed by atoms with Crippen LogP contribution in [-0.2, 0) is 17.6 Å². The summed E-state index contributed by atoms with van der Waals surface area (Å²) in [5, 5.41) is 0.425. The Morgan fingerprint density at radius 3 is 2.57 bits per heavy atom. The zero-order valence-corrected chi connectivity index (χ0v) is 12.5. The second-order valence-corrected chi connectivity index (χ2v) is 5.21. The summed E-state index contributed by atoms with van der Waals surface area (Å²) in [6.07, 6.45) is 1.21. The monoisotopic (exact) mass is 306 g/mol. The number of hydrogen-bond donors (Lipinski definition) is 0. The molecule has 0 aliphatic rings. The molecule has 21 heavy (non-hydrogen) atoms. The molecule has 0 aliphatic carbocycles. The number of halogens is 2. The lowest BCUT2D eigenvalue weighted by Crippen LogP contribution is -2.05. The third-order valence-electron chi connectivity index (χ3n) is 3.25. The average Bonchev–Trinajstić information content (AvgIpc) is 2.49. The standard InChI is InChI=1S/C17H16ClFO2/c1-21-16-7-3-12(4-8-16)2-6-15(20)11-13-10-14(19)5-9-17(13)18/h3-5,7-10H,2,6,11H2,1H3. The van der Waals surface area contributed by atoms with Crippen LogP contribution in [0.4, 0.5) is 4.39 Å². The molecular weight excluding hydrogens is 291 g/mol. The molecule has 0 aromatic heterocycles. The van der Waals surface area contributed by atoms with Crippen LogP contribution in [0, 0.1) is 5.82 Å². The van der Waals surface area contributed by atoms with Crippen LogP contribution in [0.25, 0.3) is 0 Å². The molecule has 2 nitrogen and oxygen atoms in total. The highest BCUT2D eigenvalue weighted by molar-refractivity contribution is 6.31. The molecule has 0 saturated carbocycles. The van der Waals surface area contributed by atoms with E-state index in [1.165, 1.54) is 18.2 Å². The van der Waals surface area contributed by atoms with Gasteiger partial charge in [-0.15, -0.1) is 0 Å². The molecule has 0 heterocycles. The van der Waals surface area contributed by atoms with Gasteiger partial charge >= 0.3 is 0 Å². The molecule has 0 bridgehead atoms. The third-order valence-corrected chi connectivity index (χ3v) is 3.62. The van der Waals surface area contributed by atoms with Crippen molar-refractivity contribution in [3.05, 3.63) is 64.4 Å². The van der Waals surface area contributed by atoms with Gasteiger partial charge in [0.15, 0.2) is 0 Å². The van der Waals surface area contributed by atoms with Gasteiger partial charge in [0.1, 0.15) is 17.3 Å². The van der Waals surface area contributed by atoms with Crippen molar-refractivity contribution in [2.24, 2.45) is 0 Å². The smallest absolute Gasteiger partial charge is 0.137 e.